The van der Waals surface area contributed by atoms with Crippen LogP contribution in [0.3, 0.4) is 0 Å². The molecule has 1 aliphatic carbocycles. The van der Waals surface area contributed by atoms with Crippen LogP contribution >= 0.6 is 0 Å². The van der Waals surface area contributed by atoms with Gasteiger partial charge in [0.1, 0.15) is 12.4 Å². The van der Waals surface area contributed by atoms with Crippen LogP contribution in [-0.4, -0.2) is 45.8 Å². The fraction of sp³-hybridized carbons (Fsp3) is 0.762. The number of urea groups is 1. The van der Waals surface area contributed by atoms with Crippen LogP contribution in [0.15, 0.2) is 6.07 Å². The molecule has 0 unspecified atom stereocenters. The first kappa shape index (κ1) is 22.2. The Morgan fingerprint density at radius 2 is 1.89 bits per heavy atom. The molecule has 158 valence electrons. The number of carbonyl (C=O) groups excluding carboxylic acids is 2. The maximum Gasteiger partial charge on any atom is 0.318 e. The van der Waals surface area contributed by atoms with Crippen LogP contribution in [0.1, 0.15) is 72.4 Å². The third-order valence-corrected chi connectivity index (χ3v) is 5.06. The van der Waals surface area contributed by atoms with Gasteiger partial charge in [0.05, 0.1) is 5.69 Å². The molecule has 1 saturated carbocycles. The lowest BCUT2D eigenvalue weighted by Gasteiger charge is -2.29. The smallest absolute Gasteiger partial charge is 0.318 e. The molecule has 3 amide bonds. The first-order valence-corrected chi connectivity index (χ1v) is 10.5. The molecule has 0 aliphatic heterocycles. The van der Waals surface area contributed by atoms with Crippen molar-refractivity contribution >= 4 is 17.8 Å². The number of aryl methyl sites for hydroxylation is 1. The van der Waals surface area contributed by atoms with Gasteiger partial charge in [0.2, 0.25) is 5.91 Å². The minimum Gasteiger partial charge on any atom is -0.335 e. The molecule has 1 fully saturated rings. The fourth-order valence-corrected chi connectivity index (χ4v) is 3.48. The van der Waals surface area contributed by atoms with Crippen LogP contribution < -0.4 is 10.6 Å². The molecule has 1 aromatic heterocycles. The van der Waals surface area contributed by atoms with E-state index < -0.39 is 0 Å². The van der Waals surface area contributed by atoms with Crippen molar-refractivity contribution in [3.05, 3.63) is 11.8 Å². The zero-order valence-corrected chi connectivity index (χ0v) is 18.3. The Kier molecular flexibility index (Phi) is 7.49. The van der Waals surface area contributed by atoms with E-state index in [1.165, 1.54) is 6.42 Å². The first-order chi connectivity index (χ1) is 13.1. The molecule has 1 aromatic rings. The summed E-state index contributed by atoms with van der Waals surface area (Å²) in [5.41, 5.74) is 0.823. The van der Waals surface area contributed by atoms with Crippen LogP contribution in [0.2, 0.25) is 0 Å². The summed E-state index contributed by atoms with van der Waals surface area (Å²) in [4.78, 5) is 27.0. The number of rotatable bonds is 6. The van der Waals surface area contributed by atoms with E-state index >= 15 is 0 Å². The maximum absolute atomic E-state index is 12.8. The van der Waals surface area contributed by atoms with Crippen molar-refractivity contribution in [1.29, 1.82) is 0 Å². The zero-order valence-electron chi connectivity index (χ0n) is 18.3. The summed E-state index contributed by atoms with van der Waals surface area (Å²) in [5.74, 6) is 0.726. The van der Waals surface area contributed by atoms with E-state index in [1.54, 1.807) is 9.58 Å². The predicted octanol–water partition coefficient (Wildman–Crippen LogP) is 3.66. The molecule has 0 saturated heterocycles. The average Bonchev–Trinajstić information content (AvgIpc) is 2.95. The van der Waals surface area contributed by atoms with Crippen molar-refractivity contribution < 1.29 is 9.59 Å². The summed E-state index contributed by atoms with van der Waals surface area (Å²) in [6.45, 7) is 10.9. The molecule has 0 spiro atoms. The number of amides is 3. The first-order valence-electron chi connectivity index (χ1n) is 10.5. The number of nitrogens with one attached hydrogen (secondary N) is 2. The summed E-state index contributed by atoms with van der Waals surface area (Å²) >= 11 is 0. The van der Waals surface area contributed by atoms with Gasteiger partial charge < -0.3 is 15.5 Å². The molecule has 0 atom stereocenters. The number of nitrogens with zero attached hydrogens (tertiary/aromatic N) is 3. The summed E-state index contributed by atoms with van der Waals surface area (Å²) in [7, 11) is 1.81. The second kappa shape index (κ2) is 9.43. The van der Waals surface area contributed by atoms with Gasteiger partial charge in [-0.15, -0.1) is 0 Å². The summed E-state index contributed by atoms with van der Waals surface area (Å²) in [6, 6.07) is 1.98. The SMILES string of the molecule is CC(C)CN(CC(=O)Nc1cc(C(C)(C)C)nn1C)C(=O)NC1CCCCC1. The standard InChI is InChI=1S/C21H37N5O2/c1-15(2)13-26(20(28)22-16-10-8-7-9-11-16)14-19(27)23-18-12-17(21(3,4)5)24-25(18)6/h12,15-16H,7-11,13-14H2,1-6H3,(H,22,28)(H,23,27). The number of hydrogen-bond acceptors (Lipinski definition) is 3. The van der Waals surface area contributed by atoms with Crippen molar-refractivity contribution in [3.8, 4) is 0 Å². The predicted molar refractivity (Wildman–Crippen MR) is 112 cm³/mol. The highest BCUT2D eigenvalue weighted by molar-refractivity contribution is 5.93. The summed E-state index contributed by atoms with van der Waals surface area (Å²) < 4.78 is 1.67. The Bertz CT molecular complexity index is 669. The number of carbonyl (C=O) groups is 2. The normalized spacial score (nSPS) is 15.5. The van der Waals surface area contributed by atoms with Crippen molar-refractivity contribution in [2.75, 3.05) is 18.4 Å². The number of aromatic nitrogens is 2. The van der Waals surface area contributed by atoms with Gasteiger partial charge in [-0.05, 0) is 18.8 Å². The quantitative estimate of drug-likeness (QED) is 0.777. The van der Waals surface area contributed by atoms with Gasteiger partial charge in [-0.2, -0.15) is 5.10 Å². The lowest BCUT2D eigenvalue weighted by molar-refractivity contribution is -0.116. The molecule has 2 rings (SSSR count). The lowest BCUT2D eigenvalue weighted by Crippen LogP contribution is -2.49. The zero-order chi connectivity index (χ0) is 20.9. The van der Waals surface area contributed by atoms with Crippen LogP contribution in [0.25, 0.3) is 0 Å². The van der Waals surface area contributed by atoms with E-state index in [0.29, 0.717) is 12.4 Å². The third kappa shape index (κ3) is 6.53. The van der Waals surface area contributed by atoms with E-state index in [2.05, 4.69) is 50.4 Å². The van der Waals surface area contributed by atoms with E-state index in [1.807, 2.05) is 13.1 Å². The van der Waals surface area contributed by atoms with Crippen molar-refractivity contribution in [1.82, 2.24) is 20.0 Å². The van der Waals surface area contributed by atoms with Crippen LogP contribution in [0, 0.1) is 5.92 Å². The number of hydrogen-bond donors (Lipinski definition) is 2. The molecule has 7 heteroatoms. The van der Waals surface area contributed by atoms with E-state index in [-0.39, 0.29) is 35.9 Å². The van der Waals surface area contributed by atoms with Gasteiger partial charge in [0.25, 0.3) is 0 Å². The van der Waals surface area contributed by atoms with Crippen LogP contribution in [0.4, 0.5) is 10.6 Å². The Balaban J connectivity index is 2.00. The van der Waals surface area contributed by atoms with Crippen molar-refractivity contribution in [2.45, 2.75) is 78.2 Å². The Morgan fingerprint density at radius 1 is 1.25 bits per heavy atom. The Hall–Kier alpha value is -2.05. The molecule has 0 bridgehead atoms. The highest BCUT2D eigenvalue weighted by Crippen LogP contribution is 2.23. The molecule has 1 heterocycles. The Labute approximate surface area is 169 Å². The number of anilines is 1. The van der Waals surface area contributed by atoms with Crippen LogP contribution in [0.5, 0.6) is 0 Å². The average molecular weight is 392 g/mol. The third-order valence-electron chi connectivity index (χ3n) is 5.06. The molecule has 2 N–H and O–H groups in total. The van der Waals surface area contributed by atoms with E-state index in [9.17, 15) is 9.59 Å². The van der Waals surface area contributed by atoms with E-state index in [0.717, 1.165) is 31.4 Å². The Morgan fingerprint density at radius 3 is 2.43 bits per heavy atom. The highest BCUT2D eigenvalue weighted by atomic mass is 16.2. The topological polar surface area (TPSA) is 79.3 Å². The molecular formula is C21H37N5O2. The minimum absolute atomic E-state index is 0.0345. The molecule has 0 radical (unpaired) electrons. The maximum atomic E-state index is 12.8. The van der Waals surface area contributed by atoms with Crippen molar-refractivity contribution in [3.63, 3.8) is 0 Å². The lowest BCUT2D eigenvalue weighted by atomic mass is 9.92. The largest absolute Gasteiger partial charge is 0.335 e. The molecule has 0 aromatic carbocycles. The van der Waals surface area contributed by atoms with Gasteiger partial charge in [0, 0.05) is 31.1 Å². The molecular weight excluding hydrogens is 354 g/mol. The van der Waals surface area contributed by atoms with Crippen LogP contribution in [-0.2, 0) is 17.3 Å². The fourth-order valence-electron chi connectivity index (χ4n) is 3.48. The summed E-state index contributed by atoms with van der Waals surface area (Å²) in [5, 5.41) is 10.5. The van der Waals surface area contributed by atoms with E-state index in [4.69, 9.17) is 0 Å². The van der Waals surface area contributed by atoms with Gasteiger partial charge in [0.15, 0.2) is 0 Å². The second-order valence-electron chi connectivity index (χ2n) is 9.40. The van der Waals surface area contributed by atoms with Gasteiger partial charge in [-0.25, -0.2) is 4.79 Å². The highest BCUT2D eigenvalue weighted by Gasteiger charge is 2.24. The minimum atomic E-state index is -0.206. The molecule has 7 nitrogen and oxygen atoms in total. The molecule has 1 aliphatic rings. The molecule has 28 heavy (non-hydrogen) atoms. The van der Waals surface area contributed by atoms with Crippen molar-refractivity contribution in [2.24, 2.45) is 13.0 Å². The second-order valence-corrected chi connectivity index (χ2v) is 9.40. The monoisotopic (exact) mass is 391 g/mol. The van der Waals surface area contributed by atoms with Gasteiger partial charge in [-0.1, -0.05) is 53.9 Å². The summed E-state index contributed by atoms with van der Waals surface area (Å²) in [6.07, 6.45) is 5.61. The van der Waals surface area contributed by atoms with Gasteiger partial charge >= 0.3 is 6.03 Å². The van der Waals surface area contributed by atoms with Gasteiger partial charge in [-0.3, -0.25) is 9.48 Å².